The summed E-state index contributed by atoms with van der Waals surface area (Å²) in [6.07, 6.45) is 1.92. The summed E-state index contributed by atoms with van der Waals surface area (Å²) in [6.45, 7) is 5.18. The molecular weight excluding hydrogens is 316 g/mol. The minimum atomic E-state index is 0.371. The summed E-state index contributed by atoms with van der Waals surface area (Å²) >= 11 is 6.18. The van der Waals surface area contributed by atoms with Crippen molar-refractivity contribution in [1.82, 2.24) is 9.55 Å². The molecule has 0 aliphatic carbocycles. The van der Waals surface area contributed by atoms with E-state index < -0.39 is 0 Å². The minimum absolute atomic E-state index is 0.371. The molecule has 120 valence electrons. The first kappa shape index (κ1) is 15.2. The van der Waals surface area contributed by atoms with Crippen molar-refractivity contribution in [2.24, 2.45) is 0 Å². The van der Waals surface area contributed by atoms with E-state index >= 15 is 0 Å². The number of pyridine rings is 1. The van der Waals surface area contributed by atoms with Crippen LogP contribution in [0.3, 0.4) is 0 Å². The molecule has 0 N–H and O–H groups in total. The molecule has 0 aliphatic heterocycles. The Morgan fingerprint density at radius 3 is 2.62 bits per heavy atom. The molecule has 0 atom stereocenters. The van der Waals surface area contributed by atoms with Crippen molar-refractivity contribution in [2.75, 3.05) is 0 Å². The Morgan fingerprint density at radius 1 is 1.00 bits per heavy atom. The van der Waals surface area contributed by atoms with Crippen molar-refractivity contribution in [3.63, 3.8) is 0 Å². The lowest BCUT2D eigenvalue weighted by Crippen LogP contribution is -2.03. The highest BCUT2D eigenvalue weighted by molar-refractivity contribution is 6.30. The van der Waals surface area contributed by atoms with E-state index in [0.717, 1.165) is 17.3 Å². The van der Waals surface area contributed by atoms with Gasteiger partial charge in [-0.3, -0.25) is 4.98 Å². The third-order valence-corrected chi connectivity index (χ3v) is 4.72. The number of para-hydroxylation sites is 1. The summed E-state index contributed by atoms with van der Waals surface area (Å²) in [5.41, 5.74) is 4.81. The second-order valence-electron chi connectivity index (χ2n) is 6.48. The number of nitrogens with zero attached hydrogens (tertiary/aromatic N) is 2. The monoisotopic (exact) mass is 334 g/mol. The standard InChI is InChI=1S/C21H19ClN2/c1-14(2)20-21-18(10-11-23-20)17-8-3-4-9-19(17)24(21)13-15-6-5-7-16(22)12-15/h3-12,14H,13H2,1-2H3. The third kappa shape index (κ3) is 2.47. The summed E-state index contributed by atoms with van der Waals surface area (Å²) in [4.78, 5) is 4.67. The van der Waals surface area contributed by atoms with Gasteiger partial charge in [0.2, 0.25) is 0 Å². The van der Waals surface area contributed by atoms with Crippen LogP contribution >= 0.6 is 11.6 Å². The van der Waals surface area contributed by atoms with Crippen LogP contribution < -0.4 is 0 Å². The van der Waals surface area contributed by atoms with Crippen LogP contribution in [0.2, 0.25) is 5.02 Å². The number of halogens is 1. The fourth-order valence-corrected chi connectivity index (χ4v) is 3.65. The highest BCUT2D eigenvalue weighted by Gasteiger charge is 2.16. The van der Waals surface area contributed by atoms with Gasteiger partial charge < -0.3 is 4.57 Å². The molecule has 24 heavy (non-hydrogen) atoms. The molecule has 0 saturated heterocycles. The Kier molecular flexibility index (Phi) is 3.78. The van der Waals surface area contributed by atoms with Crippen LogP contribution in [0.5, 0.6) is 0 Å². The van der Waals surface area contributed by atoms with Gasteiger partial charge in [-0.2, -0.15) is 0 Å². The van der Waals surface area contributed by atoms with Crippen LogP contribution in [0.1, 0.15) is 31.0 Å². The summed E-state index contributed by atoms with van der Waals surface area (Å²) < 4.78 is 2.37. The summed E-state index contributed by atoms with van der Waals surface area (Å²) in [7, 11) is 0. The Bertz CT molecular complexity index is 1030. The fourth-order valence-electron chi connectivity index (χ4n) is 3.43. The van der Waals surface area contributed by atoms with E-state index in [1.54, 1.807) is 0 Å². The molecular formula is C21H19ClN2. The SMILES string of the molecule is CC(C)c1nccc2c3ccccc3n(Cc3cccc(Cl)c3)c12. The zero-order valence-electron chi connectivity index (χ0n) is 13.8. The zero-order valence-corrected chi connectivity index (χ0v) is 14.6. The fraction of sp³-hybridized carbons (Fsp3) is 0.190. The van der Waals surface area contributed by atoms with E-state index in [4.69, 9.17) is 11.6 Å². The van der Waals surface area contributed by atoms with Crippen LogP contribution in [0.25, 0.3) is 21.8 Å². The van der Waals surface area contributed by atoms with E-state index in [9.17, 15) is 0 Å². The average Bonchev–Trinajstić information content (AvgIpc) is 2.89. The van der Waals surface area contributed by atoms with Crippen LogP contribution in [0.15, 0.2) is 60.8 Å². The second kappa shape index (κ2) is 5.95. The van der Waals surface area contributed by atoms with E-state index in [0.29, 0.717) is 5.92 Å². The molecule has 0 unspecified atom stereocenters. The third-order valence-electron chi connectivity index (χ3n) is 4.48. The molecule has 2 nitrogen and oxygen atoms in total. The van der Waals surface area contributed by atoms with E-state index in [1.807, 2.05) is 24.4 Å². The highest BCUT2D eigenvalue weighted by atomic mass is 35.5. The Hall–Kier alpha value is -2.32. The van der Waals surface area contributed by atoms with Crippen molar-refractivity contribution >= 4 is 33.4 Å². The average molecular weight is 335 g/mol. The van der Waals surface area contributed by atoms with Crippen molar-refractivity contribution in [2.45, 2.75) is 26.3 Å². The number of aromatic nitrogens is 2. The number of benzene rings is 2. The molecule has 0 radical (unpaired) electrons. The first-order valence-electron chi connectivity index (χ1n) is 8.25. The smallest absolute Gasteiger partial charge is 0.0716 e. The predicted molar refractivity (Wildman–Crippen MR) is 102 cm³/mol. The van der Waals surface area contributed by atoms with Gasteiger partial charge in [-0.25, -0.2) is 0 Å². The van der Waals surface area contributed by atoms with E-state index in [2.05, 4.69) is 59.8 Å². The molecule has 0 aliphatic rings. The van der Waals surface area contributed by atoms with Crippen LogP contribution in [0.4, 0.5) is 0 Å². The Labute approximate surface area is 146 Å². The maximum atomic E-state index is 6.18. The lowest BCUT2D eigenvalue weighted by molar-refractivity contribution is 0.802. The summed E-state index contributed by atoms with van der Waals surface area (Å²) in [5.74, 6) is 0.371. The first-order chi connectivity index (χ1) is 11.6. The first-order valence-corrected chi connectivity index (χ1v) is 8.63. The quantitative estimate of drug-likeness (QED) is 0.448. The van der Waals surface area contributed by atoms with Gasteiger partial charge in [0.25, 0.3) is 0 Å². The minimum Gasteiger partial charge on any atom is -0.334 e. The molecule has 0 spiro atoms. The maximum absolute atomic E-state index is 6.18. The van der Waals surface area contributed by atoms with Crippen LogP contribution in [0, 0.1) is 0 Å². The summed E-state index contributed by atoms with van der Waals surface area (Å²) in [5, 5.41) is 3.32. The number of fused-ring (bicyclic) bond motifs is 3. The molecule has 3 heteroatoms. The van der Waals surface area contributed by atoms with Crippen molar-refractivity contribution < 1.29 is 0 Å². The lowest BCUT2D eigenvalue weighted by Gasteiger charge is -2.12. The van der Waals surface area contributed by atoms with Gasteiger partial charge in [-0.15, -0.1) is 0 Å². The number of hydrogen-bond acceptors (Lipinski definition) is 1. The van der Waals surface area contributed by atoms with Gasteiger partial charge in [0, 0.05) is 34.1 Å². The topological polar surface area (TPSA) is 17.8 Å². The van der Waals surface area contributed by atoms with Crippen molar-refractivity contribution in [3.8, 4) is 0 Å². The Morgan fingerprint density at radius 2 is 1.83 bits per heavy atom. The molecule has 0 amide bonds. The van der Waals surface area contributed by atoms with Gasteiger partial charge in [0.1, 0.15) is 0 Å². The van der Waals surface area contributed by atoms with Gasteiger partial charge in [0.15, 0.2) is 0 Å². The number of rotatable bonds is 3. The predicted octanol–water partition coefficient (Wildman–Crippen LogP) is 6.01. The van der Waals surface area contributed by atoms with Gasteiger partial charge >= 0.3 is 0 Å². The Balaban J connectivity index is 2.04. The molecule has 0 bridgehead atoms. The van der Waals surface area contributed by atoms with Crippen LogP contribution in [-0.2, 0) is 6.54 Å². The summed E-state index contributed by atoms with van der Waals surface area (Å²) in [6, 6.07) is 18.8. The van der Waals surface area contributed by atoms with Gasteiger partial charge in [-0.05, 0) is 35.7 Å². The normalized spacial score (nSPS) is 11.7. The molecule has 0 fully saturated rings. The van der Waals surface area contributed by atoms with E-state index in [1.165, 1.54) is 27.4 Å². The zero-order chi connectivity index (χ0) is 16.7. The molecule has 2 aromatic heterocycles. The van der Waals surface area contributed by atoms with Gasteiger partial charge in [-0.1, -0.05) is 55.8 Å². The second-order valence-corrected chi connectivity index (χ2v) is 6.92. The van der Waals surface area contributed by atoms with E-state index in [-0.39, 0.29) is 0 Å². The van der Waals surface area contributed by atoms with Crippen molar-refractivity contribution in [3.05, 3.63) is 77.1 Å². The molecule has 4 aromatic rings. The molecule has 2 aromatic carbocycles. The maximum Gasteiger partial charge on any atom is 0.0716 e. The van der Waals surface area contributed by atoms with Gasteiger partial charge in [0.05, 0.1) is 11.2 Å². The van der Waals surface area contributed by atoms with Crippen LogP contribution in [-0.4, -0.2) is 9.55 Å². The highest BCUT2D eigenvalue weighted by Crippen LogP contribution is 2.33. The molecule has 4 rings (SSSR count). The largest absolute Gasteiger partial charge is 0.334 e. The molecule has 0 saturated carbocycles. The lowest BCUT2D eigenvalue weighted by atomic mass is 10.1. The molecule has 2 heterocycles. The van der Waals surface area contributed by atoms with Crippen molar-refractivity contribution in [1.29, 1.82) is 0 Å². The number of hydrogen-bond donors (Lipinski definition) is 0.